The van der Waals surface area contributed by atoms with Gasteiger partial charge in [0.25, 0.3) is 45.4 Å². The number of nitrogens with zero attached hydrogens (tertiary/aromatic N) is 9. The second-order valence-corrected chi connectivity index (χ2v) is 30.6. The third-order valence-corrected chi connectivity index (χ3v) is 21.4. The standard InChI is InChI=1S/C80H100F4N20O21/c81-79(82)33-48(35-85)103(45-79)63(108)37-97-76(120)51-11-16-87-55-7-5-49(31-53(51)55)124-29-3-1-14-92-68-70(74(118)72(68)116)94-20-18-90-60(105)41-102(47-13-24-101(40-47)62(107)10-9-57(78(122)123)89-23-26-100(44-67(114)115)28-27-99(43-66(112)113)25-22-86-39-65(110)111)42-61(106)91-19-21-95-71-69(73(117)75(71)119)93-15-2-4-30-125-50-6-8-56-54(32-50)52(12-17-88-56)77(121)98-38-64(109)104-46-80(83,84)34-59(104)58-36-96-58/h5-8,11-12,16-17,31-32,47-48,57-59,86,89,92-96H,1-4,9-10,13-15,18-30,33-34,36-46H2,(H,90,105)(H,91,106)(H,97,120)(H,98,121)(H,110,111)(H,112,113)(H,114,115)(H,122,123)/t47?,48-,57?,58?,59?/m0/s1. The third kappa shape index (κ3) is 27.4. The minimum atomic E-state index is -3.23. The van der Waals surface area contributed by atoms with Gasteiger partial charge in [-0.2, -0.15) is 5.26 Å². The van der Waals surface area contributed by atoms with Gasteiger partial charge in [0.15, 0.2) is 0 Å². The fraction of sp³-hybridized carbons (Fsp3) is 0.525. The van der Waals surface area contributed by atoms with Crippen molar-refractivity contribution in [1.82, 2.24) is 76.6 Å². The lowest BCUT2D eigenvalue weighted by molar-refractivity contribution is -0.141. The van der Waals surface area contributed by atoms with E-state index in [9.17, 15) is 110 Å². The second kappa shape index (κ2) is 44.6. The fourth-order valence-corrected chi connectivity index (χ4v) is 14.9. The Morgan fingerprint density at radius 1 is 0.560 bits per heavy atom. The van der Waals surface area contributed by atoms with Crippen LogP contribution in [-0.4, -0.2) is 337 Å². The smallest absolute Gasteiger partial charge is 0.320 e. The van der Waals surface area contributed by atoms with Crippen molar-refractivity contribution in [1.29, 1.82) is 5.26 Å². The molecule has 5 atom stereocenters. The number of anilines is 4. The molecular weight excluding hydrogens is 1650 g/mol. The summed E-state index contributed by atoms with van der Waals surface area (Å²) in [6, 6.07) is 10.2. The Balaban J connectivity index is 0.676. The molecule has 0 bridgehead atoms. The van der Waals surface area contributed by atoms with Crippen molar-refractivity contribution in [2.24, 2.45) is 0 Å². The number of nitriles is 1. The zero-order valence-electron chi connectivity index (χ0n) is 68.2. The van der Waals surface area contributed by atoms with E-state index in [1.165, 1.54) is 44.1 Å². The lowest BCUT2D eigenvalue weighted by atomic mass is 10.1. The summed E-state index contributed by atoms with van der Waals surface area (Å²) in [5, 5.41) is 78.8. The van der Waals surface area contributed by atoms with Crippen LogP contribution in [0, 0.1) is 11.3 Å². The molecule has 0 aliphatic carbocycles. The van der Waals surface area contributed by atoms with E-state index in [-0.39, 0.29) is 171 Å². The van der Waals surface area contributed by atoms with Gasteiger partial charge in [0.2, 0.25) is 29.5 Å². The van der Waals surface area contributed by atoms with Crippen LogP contribution >= 0.6 is 0 Å². The first-order valence-corrected chi connectivity index (χ1v) is 40.8. The number of hydrogen-bond acceptors (Lipinski definition) is 30. The molecule has 0 radical (unpaired) electrons. The largest absolute Gasteiger partial charge is 0.494 e. The average Bonchev–Trinajstić information content (AvgIpc) is 1.77. The second-order valence-electron chi connectivity index (χ2n) is 30.6. The molecule has 2 aromatic heterocycles. The summed E-state index contributed by atoms with van der Waals surface area (Å²) >= 11 is 0. The number of aliphatic carboxylic acids is 4. The zero-order chi connectivity index (χ0) is 90.1. The first-order chi connectivity index (χ1) is 59.7. The summed E-state index contributed by atoms with van der Waals surface area (Å²) in [5.74, 6) is -14.7. The molecule has 0 spiro atoms. The van der Waals surface area contributed by atoms with Gasteiger partial charge in [0, 0.05) is 153 Å². The van der Waals surface area contributed by atoms with E-state index in [2.05, 4.69) is 68.5 Å². The van der Waals surface area contributed by atoms with Crippen LogP contribution in [0.5, 0.6) is 11.5 Å². The van der Waals surface area contributed by atoms with E-state index in [0.29, 0.717) is 65.5 Å². The van der Waals surface area contributed by atoms with Crippen molar-refractivity contribution in [3.05, 3.63) is 113 Å². The van der Waals surface area contributed by atoms with E-state index >= 15 is 0 Å². The van der Waals surface area contributed by atoms with E-state index in [0.717, 1.165) is 9.80 Å². The number of benzene rings is 2. The van der Waals surface area contributed by atoms with Gasteiger partial charge in [-0.25, -0.2) is 17.6 Å². The molecule has 4 unspecified atom stereocenters. The molecule has 10 rings (SSSR count). The fourth-order valence-electron chi connectivity index (χ4n) is 14.9. The van der Waals surface area contributed by atoms with Crippen LogP contribution < -0.4 is 89.7 Å². The van der Waals surface area contributed by atoms with Gasteiger partial charge in [-0.1, -0.05) is 0 Å². The van der Waals surface area contributed by atoms with E-state index in [4.69, 9.17) is 14.6 Å². The van der Waals surface area contributed by atoms with Gasteiger partial charge >= 0.3 is 23.9 Å². The maximum atomic E-state index is 14.3. The quantitative estimate of drug-likeness (QED) is 0.00840. The molecule has 15 N–H and O–H groups in total. The molecule has 4 aromatic carbocycles. The van der Waals surface area contributed by atoms with Gasteiger partial charge in [0.1, 0.15) is 46.3 Å². The van der Waals surface area contributed by atoms with Crippen LogP contribution in [-0.2, 0) is 43.2 Å². The van der Waals surface area contributed by atoms with Crippen molar-refractivity contribution in [3.8, 4) is 17.6 Å². The number of carboxylic acids is 4. The molecule has 41 nitrogen and oxygen atoms in total. The van der Waals surface area contributed by atoms with Crippen LogP contribution in [0.3, 0.4) is 0 Å². The summed E-state index contributed by atoms with van der Waals surface area (Å²) in [6.45, 7) is -3.30. The molecule has 4 aliphatic heterocycles. The van der Waals surface area contributed by atoms with E-state index in [1.807, 2.05) is 0 Å². The number of aromatic nitrogens is 2. The molecular formula is C80H100F4N20O21. The highest BCUT2D eigenvalue weighted by Crippen LogP contribution is 2.36. The molecule has 4 saturated heterocycles. The topological polar surface area (TPSA) is 567 Å². The lowest BCUT2D eigenvalue weighted by Gasteiger charge is -2.28. The molecule has 6 aromatic rings. The molecule has 0 saturated carbocycles. The summed E-state index contributed by atoms with van der Waals surface area (Å²) in [5.41, 5.74) is -1.94. The number of amides is 7. The normalized spacial score (nSPS) is 17.2. The minimum Gasteiger partial charge on any atom is -0.494 e. The Hall–Kier alpha value is -12.6. The summed E-state index contributed by atoms with van der Waals surface area (Å²) in [4.78, 5) is 208. The van der Waals surface area contributed by atoms with Gasteiger partial charge in [-0.3, -0.25) is 96.6 Å². The number of ether oxygens (including phenoxy) is 2. The van der Waals surface area contributed by atoms with Gasteiger partial charge < -0.3 is 103 Å². The summed E-state index contributed by atoms with van der Waals surface area (Å²) in [6.07, 6.45) is 3.13. The minimum absolute atomic E-state index is 0.00116. The number of fused-ring (bicyclic) bond motifs is 2. The predicted molar refractivity (Wildman–Crippen MR) is 442 cm³/mol. The maximum Gasteiger partial charge on any atom is 0.320 e. The highest BCUT2D eigenvalue weighted by Gasteiger charge is 2.52. The van der Waals surface area contributed by atoms with Crippen molar-refractivity contribution < 1.29 is 100 Å². The van der Waals surface area contributed by atoms with Crippen LogP contribution in [0.2, 0.25) is 0 Å². The van der Waals surface area contributed by atoms with Crippen molar-refractivity contribution >= 4 is 110 Å². The van der Waals surface area contributed by atoms with E-state index in [1.54, 1.807) is 42.5 Å². The Bertz CT molecular complexity index is 5080. The predicted octanol–water partition coefficient (Wildman–Crippen LogP) is -2.13. The van der Waals surface area contributed by atoms with Gasteiger partial charge in [-0.15, -0.1) is 0 Å². The Kier molecular flexibility index (Phi) is 33.8. The summed E-state index contributed by atoms with van der Waals surface area (Å²) < 4.78 is 68.5. The van der Waals surface area contributed by atoms with Crippen molar-refractivity contribution in [2.45, 2.75) is 99.8 Å². The number of alkyl halides is 4. The first kappa shape index (κ1) is 94.6. The SMILES string of the molecule is N#C[C@@H]1CC(F)(F)CN1C(=O)CNC(=O)c1ccnc2ccc(OCCCCNc3c(NCCNC(=O)CN(CC(=O)NCCNc4c(NCCCCOc5ccc6nccc(C(=O)NCC(=O)N7CC(F)(F)CC7C7CN7)c6c5)c(=O)c4=O)C4CCN(C(=O)CCC(NCCN(CCN(CCNCC(=O)O)CC(=O)O)CC(=O)O)C(=O)O)C4)c(=O)c3=O)cc12. The monoisotopic (exact) mass is 1750 g/mol. The zero-order valence-corrected chi connectivity index (χ0v) is 68.2. The molecule has 7 amide bonds. The van der Waals surface area contributed by atoms with Gasteiger partial charge in [-0.05, 0) is 87.1 Å². The number of carbonyl (C=O) groups excluding carboxylic acids is 7. The Morgan fingerprint density at radius 3 is 1.52 bits per heavy atom. The lowest BCUT2D eigenvalue weighted by Crippen LogP contribution is -2.49. The molecule has 4 fully saturated rings. The van der Waals surface area contributed by atoms with Crippen LogP contribution in [0.15, 0.2) is 80.1 Å². The van der Waals surface area contributed by atoms with E-state index < -0.39 is 188 Å². The average molecular weight is 1750 g/mol. The highest BCUT2D eigenvalue weighted by atomic mass is 19.3. The number of likely N-dealkylation sites (tertiary alicyclic amines) is 3. The molecule has 4 aliphatic rings. The number of halogens is 4. The van der Waals surface area contributed by atoms with Crippen LogP contribution in [0.1, 0.15) is 78.5 Å². The molecule has 45 heteroatoms. The maximum absolute atomic E-state index is 14.3. The van der Waals surface area contributed by atoms with Crippen molar-refractivity contribution in [2.75, 3.05) is 192 Å². The molecule has 6 heterocycles. The van der Waals surface area contributed by atoms with Crippen LogP contribution in [0.4, 0.5) is 40.3 Å². The number of unbranched alkanes of at least 4 members (excludes halogenated alkanes) is 2. The highest BCUT2D eigenvalue weighted by molar-refractivity contribution is 6.08. The number of carbonyl (C=O) groups is 11. The first-order valence-electron chi connectivity index (χ1n) is 40.8. The molecule has 125 heavy (non-hydrogen) atoms. The number of nitrogens with one attached hydrogen (secondary N) is 11. The summed E-state index contributed by atoms with van der Waals surface area (Å²) in [7, 11) is 0. The number of rotatable bonds is 54. The Labute approximate surface area is 711 Å². The number of pyridine rings is 2. The number of carboxylic acid groups (broad SMARTS) is 4. The number of hydrogen-bond donors (Lipinski definition) is 15. The molecule has 674 valence electrons. The Morgan fingerprint density at radius 2 is 1.04 bits per heavy atom. The van der Waals surface area contributed by atoms with Gasteiger partial charge in [0.05, 0.1) is 106 Å². The van der Waals surface area contributed by atoms with Crippen molar-refractivity contribution in [3.63, 3.8) is 0 Å². The third-order valence-electron chi connectivity index (χ3n) is 21.4. The van der Waals surface area contributed by atoms with Crippen LogP contribution in [0.25, 0.3) is 21.8 Å².